The van der Waals surface area contributed by atoms with E-state index < -0.39 is 0 Å². The van der Waals surface area contributed by atoms with Gasteiger partial charge in [-0.25, -0.2) is 0 Å². The van der Waals surface area contributed by atoms with Gasteiger partial charge >= 0.3 is 0 Å². The van der Waals surface area contributed by atoms with Gasteiger partial charge in [-0.15, -0.1) is 11.3 Å². The molecule has 0 unspecified atom stereocenters. The molecule has 70 valence electrons. The first kappa shape index (κ1) is 9.44. The normalized spacial score (nSPS) is 10.1. The highest BCUT2D eigenvalue weighted by atomic mass is 35.5. The van der Waals surface area contributed by atoms with Crippen molar-refractivity contribution >= 4 is 28.7 Å². The van der Waals surface area contributed by atoms with Crippen LogP contribution < -0.4 is 0 Å². The van der Waals surface area contributed by atoms with Crippen molar-refractivity contribution in [2.75, 3.05) is 0 Å². The molecule has 0 aliphatic heterocycles. The molecule has 3 heteroatoms. The Morgan fingerprint density at radius 1 is 1.07 bits per heavy atom. The lowest BCUT2D eigenvalue weighted by atomic mass is 10.1. The molecule has 0 bridgehead atoms. The van der Waals surface area contributed by atoms with Gasteiger partial charge in [0.25, 0.3) is 0 Å². The molecule has 0 saturated carbocycles. The van der Waals surface area contributed by atoms with E-state index in [1.54, 1.807) is 24.3 Å². The zero-order valence-electron chi connectivity index (χ0n) is 7.24. The molecule has 2 rings (SSSR count). The van der Waals surface area contributed by atoms with E-state index in [1.807, 2.05) is 18.2 Å². The summed E-state index contributed by atoms with van der Waals surface area (Å²) < 4.78 is 0.643. The second-order valence-electron chi connectivity index (χ2n) is 2.80. The van der Waals surface area contributed by atoms with Gasteiger partial charge in [-0.3, -0.25) is 4.79 Å². The lowest BCUT2D eigenvalue weighted by Crippen LogP contribution is -1.96. The Hall–Kier alpha value is -1.12. The molecule has 0 amide bonds. The smallest absolute Gasteiger partial charge is 0.202 e. The zero-order valence-corrected chi connectivity index (χ0v) is 8.81. The minimum absolute atomic E-state index is 0.0301. The number of halogens is 1. The van der Waals surface area contributed by atoms with Crippen molar-refractivity contribution in [2.24, 2.45) is 0 Å². The molecule has 0 aliphatic carbocycles. The van der Waals surface area contributed by atoms with Crippen molar-refractivity contribution in [1.29, 1.82) is 0 Å². The van der Waals surface area contributed by atoms with Gasteiger partial charge in [-0.05, 0) is 12.1 Å². The number of benzene rings is 1. The molecule has 1 aromatic heterocycles. The van der Waals surface area contributed by atoms with Crippen LogP contribution in [0.1, 0.15) is 15.2 Å². The summed E-state index contributed by atoms with van der Waals surface area (Å²) in [4.78, 5) is 12.5. The highest BCUT2D eigenvalue weighted by Crippen LogP contribution is 2.23. The van der Waals surface area contributed by atoms with Crippen molar-refractivity contribution in [3.8, 4) is 0 Å². The van der Waals surface area contributed by atoms with Gasteiger partial charge in [0.1, 0.15) is 0 Å². The van der Waals surface area contributed by atoms with E-state index in [0.29, 0.717) is 14.8 Å². The Balaban J connectivity index is 2.34. The Morgan fingerprint density at radius 2 is 1.79 bits per heavy atom. The molecule has 1 heterocycles. The molecular formula is C11H7ClOS. The molecule has 0 saturated heterocycles. The van der Waals surface area contributed by atoms with Crippen LogP contribution in [0.4, 0.5) is 0 Å². The summed E-state index contributed by atoms with van der Waals surface area (Å²) in [6.45, 7) is 0. The first-order chi connectivity index (χ1) is 6.77. The number of hydrogen-bond donors (Lipinski definition) is 0. The van der Waals surface area contributed by atoms with Crippen LogP contribution in [0.15, 0.2) is 42.5 Å². The van der Waals surface area contributed by atoms with Crippen molar-refractivity contribution in [3.63, 3.8) is 0 Å². The molecule has 1 nitrogen and oxygen atoms in total. The summed E-state index contributed by atoms with van der Waals surface area (Å²) in [5, 5.41) is 0. The molecule has 0 aliphatic rings. The number of ketones is 1. The standard InChI is InChI=1S/C11H7ClOS/c12-10-7-6-9(14-10)11(13)8-4-2-1-3-5-8/h1-7H. The minimum atomic E-state index is 0.0301. The highest BCUT2D eigenvalue weighted by molar-refractivity contribution is 7.18. The summed E-state index contributed by atoms with van der Waals surface area (Å²) in [6, 6.07) is 12.7. The lowest BCUT2D eigenvalue weighted by Gasteiger charge is -1.95. The van der Waals surface area contributed by atoms with E-state index in [9.17, 15) is 4.79 Å². The number of hydrogen-bond acceptors (Lipinski definition) is 2. The summed E-state index contributed by atoms with van der Waals surface area (Å²) >= 11 is 7.06. The molecule has 14 heavy (non-hydrogen) atoms. The van der Waals surface area contributed by atoms with E-state index >= 15 is 0 Å². The third-order valence-corrected chi connectivity index (χ3v) is 3.06. The second-order valence-corrected chi connectivity index (χ2v) is 4.51. The number of carbonyl (C=O) groups excluding carboxylic acids is 1. The molecule has 0 radical (unpaired) electrons. The Morgan fingerprint density at radius 3 is 2.36 bits per heavy atom. The van der Waals surface area contributed by atoms with Gasteiger partial charge in [0.05, 0.1) is 9.21 Å². The summed E-state index contributed by atoms with van der Waals surface area (Å²) in [7, 11) is 0. The topological polar surface area (TPSA) is 17.1 Å². The summed E-state index contributed by atoms with van der Waals surface area (Å²) in [6.07, 6.45) is 0. The second kappa shape index (κ2) is 3.95. The maximum atomic E-state index is 11.8. The third-order valence-electron chi connectivity index (χ3n) is 1.83. The predicted molar refractivity (Wildman–Crippen MR) is 59.2 cm³/mol. The lowest BCUT2D eigenvalue weighted by molar-refractivity contribution is 0.104. The molecule has 0 N–H and O–H groups in total. The SMILES string of the molecule is O=C(c1ccccc1)c1ccc(Cl)s1. The van der Waals surface area contributed by atoms with Crippen LogP contribution in [-0.4, -0.2) is 5.78 Å². The third kappa shape index (κ3) is 1.86. The van der Waals surface area contributed by atoms with Crippen molar-refractivity contribution in [1.82, 2.24) is 0 Å². The van der Waals surface area contributed by atoms with E-state index in [2.05, 4.69) is 0 Å². The fraction of sp³-hybridized carbons (Fsp3) is 0. The summed E-state index contributed by atoms with van der Waals surface area (Å²) in [5.41, 5.74) is 0.700. The molecule has 2 aromatic rings. The largest absolute Gasteiger partial charge is 0.288 e. The average molecular weight is 223 g/mol. The van der Waals surface area contributed by atoms with Gasteiger partial charge in [0.2, 0.25) is 5.78 Å². The Kier molecular flexibility index (Phi) is 2.66. The van der Waals surface area contributed by atoms with Crippen LogP contribution in [0.2, 0.25) is 4.34 Å². The Labute approximate surface area is 91.0 Å². The zero-order chi connectivity index (χ0) is 9.97. The quantitative estimate of drug-likeness (QED) is 0.710. The highest BCUT2D eigenvalue weighted by Gasteiger charge is 2.10. The van der Waals surface area contributed by atoms with Crippen molar-refractivity contribution in [3.05, 3.63) is 57.2 Å². The van der Waals surface area contributed by atoms with E-state index in [0.717, 1.165) is 0 Å². The van der Waals surface area contributed by atoms with Crippen LogP contribution in [0.25, 0.3) is 0 Å². The molecular weight excluding hydrogens is 216 g/mol. The fourth-order valence-electron chi connectivity index (χ4n) is 1.17. The van der Waals surface area contributed by atoms with Crippen LogP contribution >= 0.6 is 22.9 Å². The molecule has 0 atom stereocenters. The Bertz CT molecular complexity index is 447. The number of rotatable bonds is 2. The van der Waals surface area contributed by atoms with Gasteiger partial charge in [0, 0.05) is 5.56 Å². The number of thiophene rings is 1. The maximum Gasteiger partial charge on any atom is 0.202 e. The van der Waals surface area contributed by atoms with Crippen LogP contribution in [-0.2, 0) is 0 Å². The van der Waals surface area contributed by atoms with Crippen molar-refractivity contribution < 1.29 is 4.79 Å². The van der Waals surface area contributed by atoms with Gasteiger partial charge in [-0.2, -0.15) is 0 Å². The van der Waals surface area contributed by atoms with Crippen LogP contribution in [0.5, 0.6) is 0 Å². The minimum Gasteiger partial charge on any atom is -0.288 e. The van der Waals surface area contributed by atoms with E-state index in [4.69, 9.17) is 11.6 Å². The van der Waals surface area contributed by atoms with Crippen molar-refractivity contribution in [2.45, 2.75) is 0 Å². The predicted octanol–water partition coefficient (Wildman–Crippen LogP) is 3.63. The molecule has 1 aromatic carbocycles. The van der Waals surface area contributed by atoms with Crippen LogP contribution in [0, 0.1) is 0 Å². The fourth-order valence-corrected chi connectivity index (χ4v) is 2.17. The van der Waals surface area contributed by atoms with Gasteiger partial charge in [-0.1, -0.05) is 41.9 Å². The first-order valence-corrected chi connectivity index (χ1v) is 5.32. The molecule has 0 fully saturated rings. The monoisotopic (exact) mass is 222 g/mol. The maximum absolute atomic E-state index is 11.8. The van der Waals surface area contributed by atoms with E-state index in [1.165, 1.54) is 11.3 Å². The summed E-state index contributed by atoms with van der Waals surface area (Å²) in [5.74, 6) is 0.0301. The van der Waals surface area contributed by atoms with Gasteiger partial charge < -0.3 is 0 Å². The van der Waals surface area contributed by atoms with E-state index in [-0.39, 0.29) is 5.78 Å². The average Bonchev–Trinajstić information content (AvgIpc) is 2.65. The number of carbonyl (C=O) groups is 1. The van der Waals surface area contributed by atoms with Crippen LogP contribution in [0.3, 0.4) is 0 Å². The first-order valence-electron chi connectivity index (χ1n) is 4.12. The van der Waals surface area contributed by atoms with Gasteiger partial charge in [0.15, 0.2) is 0 Å². The molecule has 0 spiro atoms.